The molecule has 0 aromatic carbocycles. The number of nitrogens with one attached hydrogen (secondary N) is 2. The van der Waals surface area contributed by atoms with Crippen LogP contribution in [-0.4, -0.2) is 66.5 Å². The van der Waals surface area contributed by atoms with Crippen LogP contribution in [0.5, 0.6) is 0 Å². The Morgan fingerprint density at radius 1 is 1.35 bits per heavy atom. The second kappa shape index (κ2) is 4.91. The summed E-state index contributed by atoms with van der Waals surface area (Å²) in [6, 6.07) is 0.0676. The van der Waals surface area contributed by atoms with Gasteiger partial charge in [0.25, 0.3) is 0 Å². The van der Waals surface area contributed by atoms with Crippen molar-refractivity contribution in [3.8, 4) is 0 Å². The van der Waals surface area contributed by atoms with Crippen molar-refractivity contribution < 1.29 is 9.59 Å². The number of piperazine rings is 1. The molecule has 3 aliphatic rings. The molecular weight excluding hydrogens is 256 g/mol. The molecule has 3 rings (SSSR count). The van der Waals surface area contributed by atoms with E-state index in [-0.39, 0.29) is 29.4 Å². The van der Waals surface area contributed by atoms with Gasteiger partial charge in [0.1, 0.15) is 0 Å². The van der Waals surface area contributed by atoms with Crippen molar-refractivity contribution in [1.82, 2.24) is 20.4 Å². The molecule has 0 aromatic rings. The molecule has 20 heavy (non-hydrogen) atoms. The second-order valence-corrected chi connectivity index (χ2v) is 6.80. The van der Waals surface area contributed by atoms with E-state index in [2.05, 4.69) is 24.5 Å². The normalized spacial score (nSPS) is 32.8. The number of urea groups is 1. The zero-order chi connectivity index (χ0) is 14.3. The number of nitrogens with zero attached hydrogens (tertiary/aromatic N) is 2. The number of hydrogen-bond donors (Lipinski definition) is 2. The first-order valence-corrected chi connectivity index (χ1v) is 7.56. The molecule has 0 aromatic heterocycles. The highest BCUT2D eigenvalue weighted by molar-refractivity contribution is 5.84. The van der Waals surface area contributed by atoms with Gasteiger partial charge in [-0.15, -0.1) is 0 Å². The lowest BCUT2D eigenvalue weighted by molar-refractivity contribution is -0.139. The van der Waals surface area contributed by atoms with E-state index in [1.807, 2.05) is 9.80 Å². The molecular formula is C14H24N4O2. The van der Waals surface area contributed by atoms with Gasteiger partial charge in [-0.05, 0) is 24.8 Å². The molecule has 0 saturated carbocycles. The van der Waals surface area contributed by atoms with Crippen LogP contribution in [0.3, 0.4) is 0 Å². The fourth-order valence-electron chi connectivity index (χ4n) is 3.62. The largest absolute Gasteiger partial charge is 0.337 e. The third-order valence-electron chi connectivity index (χ3n) is 4.92. The zero-order valence-electron chi connectivity index (χ0n) is 12.3. The molecule has 0 bridgehead atoms. The summed E-state index contributed by atoms with van der Waals surface area (Å²) in [4.78, 5) is 28.2. The molecule has 0 aliphatic carbocycles. The maximum absolute atomic E-state index is 12.8. The minimum absolute atomic E-state index is 0.0101. The van der Waals surface area contributed by atoms with Crippen LogP contribution in [-0.2, 0) is 4.79 Å². The molecule has 3 amide bonds. The average molecular weight is 280 g/mol. The van der Waals surface area contributed by atoms with E-state index in [9.17, 15) is 9.59 Å². The number of carbonyl (C=O) groups is 2. The van der Waals surface area contributed by atoms with E-state index in [1.54, 1.807) is 0 Å². The molecule has 3 heterocycles. The average Bonchev–Trinajstić information content (AvgIpc) is 2.79. The van der Waals surface area contributed by atoms with Gasteiger partial charge >= 0.3 is 6.03 Å². The highest BCUT2D eigenvalue weighted by Crippen LogP contribution is 2.31. The van der Waals surface area contributed by atoms with E-state index in [1.165, 1.54) is 0 Å². The van der Waals surface area contributed by atoms with Crippen molar-refractivity contribution in [1.29, 1.82) is 0 Å². The third-order valence-corrected chi connectivity index (χ3v) is 4.92. The van der Waals surface area contributed by atoms with Gasteiger partial charge in [-0.3, -0.25) is 4.79 Å². The van der Waals surface area contributed by atoms with Crippen molar-refractivity contribution in [2.45, 2.75) is 38.8 Å². The van der Waals surface area contributed by atoms with Gasteiger partial charge < -0.3 is 20.4 Å². The fraction of sp³-hybridized carbons (Fsp3) is 0.857. The van der Waals surface area contributed by atoms with Gasteiger partial charge in [-0.1, -0.05) is 13.8 Å². The minimum Gasteiger partial charge on any atom is -0.337 e. The third kappa shape index (κ3) is 2.26. The summed E-state index contributed by atoms with van der Waals surface area (Å²) in [6.07, 6.45) is 2.21. The summed E-state index contributed by atoms with van der Waals surface area (Å²) < 4.78 is 0. The molecule has 2 atom stereocenters. The maximum Gasteiger partial charge on any atom is 0.317 e. The summed E-state index contributed by atoms with van der Waals surface area (Å²) >= 11 is 0. The highest BCUT2D eigenvalue weighted by atomic mass is 16.2. The van der Waals surface area contributed by atoms with Crippen LogP contribution in [0.4, 0.5) is 4.79 Å². The number of carbonyl (C=O) groups excluding carboxylic acids is 2. The maximum atomic E-state index is 12.8. The molecule has 2 unspecified atom stereocenters. The van der Waals surface area contributed by atoms with Crippen molar-refractivity contribution in [2.75, 3.05) is 32.7 Å². The Kier molecular flexibility index (Phi) is 3.36. The highest BCUT2D eigenvalue weighted by Gasteiger charge is 2.43. The van der Waals surface area contributed by atoms with E-state index in [4.69, 9.17) is 0 Å². The molecule has 3 saturated heterocycles. The predicted octanol–water partition coefficient (Wildman–Crippen LogP) is 0.000600. The predicted molar refractivity (Wildman–Crippen MR) is 75.3 cm³/mol. The summed E-state index contributed by atoms with van der Waals surface area (Å²) in [5.74, 6) is 0.202. The quantitative estimate of drug-likeness (QED) is 0.710. The number of amides is 3. The Hall–Kier alpha value is -1.30. The lowest BCUT2D eigenvalue weighted by Crippen LogP contribution is -2.61. The van der Waals surface area contributed by atoms with Gasteiger partial charge in [0.15, 0.2) is 0 Å². The van der Waals surface area contributed by atoms with Crippen LogP contribution >= 0.6 is 0 Å². The standard InChI is InChI=1S/C14H24N4O2/c1-14(2)4-3-5-15-11(14)12(19)17-6-7-18-10(9-17)8-16-13(18)20/h10-11,15H,3-9H2,1-2H3,(H,16,20). The minimum atomic E-state index is -0.0899. The van der Waals surface area contributed by atoms with E-state index >= 15 is 0 Å². The van der Waals surface area contributed by atoms with Gasteiger partial charge in [0.05, 0.1) is 12.1 Å². The monoisotopic (exact) mass is 280 g/mol. The van der Waals surface area contributed by atoms with Gasteiger partial charge in [-0.25, -0.2) is 4.79 Å². The Bertz CT molecular complexity index is 423. The molecule has 0 spiro atoms. The second-order valence-electron chi connectivity index (χ2n) is 6.80. The van der Waals surface area contributed by atoms with E-state index in [0.717, 1.165) is 19.4 Å². The lowest BCUT2D eigenvalue weighted by atomic mass is 9.77. The van der Waals surface area contributed by atoms with Crippen molar-refractivity contribution >= 4 is 11.9 Å². The first-order valence-electron chi connectivity index (χ1n) is 7.56. The number of fused-ring (bicyclic) bond motifs is 1. The van der Waals surface area contributed by atoms with Crippen molar-refractivity contribution in [3.63, 3.8) is 0 Å². The van der Waals surface area contributed by atoms with Crippen molar-refractivity contribution in [2.24, 2.45) is 5.41 Å². The Morgan fingerprint density at radius 3 is 2.90 bits per heavy atom. The number of hydrogen-bond acceptors (Lipinski definition) is 3. The molecule has 112 valence electrons. The first-order chi connectivity index (χ1) is 9.49. The summed E-state index contributed by atoms with van der Waals surface area (Å²) in [7, 11) is 0. The fourth-order valence-corrected chi connectivity index (χ4v) is 3.62. The molecule has 2 N–H and O–H groups in total. The molecule has 0 radical (unpaired) electrons. The Labute approximate surface area is 119 Å². The van der Waals surface area contributed by atoms with Crippen LogP contribution < -0.4 is 10.6 Å². The molecule has 6 heteroatoms. The van der Waals surface area contributed by atoms with Gasteiger partial charge in [-0.2, -0.15) is 0 Å². The topological polar surface area (TPSA) is 64.7 Å². The van der Waals surface area contributed by atoms with Crippen LogP contribution in [0.2, 0.25) is 0 Å². The Balaban J connectivity index is 1.67. The van der Waals surface area contributed by atoms with E-state index < -0.39 is 0 Å². The van der Waals surface area contributed by atoms with Crippen LogP contribution in [0.15, 0.2) is 0 Å². The first kappa shape index (κ1) is 13.7. The van der Waals surface area contributed by atoms with Gasteiger partial charge in [0, 0.05) is 26.2 Å². The smallest absolute Gasteiger partial charge is 0.317 e. The number of rotatable bonds is 1. The molecule has 3 aliphatic heterocycles. The zero-order valence-corrected chi connectivity index (χ0v) is 12.3. The van der Waals surface area contributed by atoms with Crippen LogP contribution in [0.25, 0.3) is 0 Å². The van der Waals surface area contributed by atoms with Crippen molar-refractivity contribution in [3.05, 3.63) is 0 Å². The van der Waals surface area contributed by atoms with E-state index in [0.29, 0.717) is 26.2 Å². The molecule has 3 fully saturated rings. The number of piperidine rings is 1. The lowest BCUT2D eigenvalue weighted by Gasteiger charge is -2.43. The SMILES string of the molecule is CC1(C)CCCNC1C(=O)N1CCN2C(=O)NCC2C1. The molecule has 6 nitrogen and oxygen atoms in total. The van der Waals surface area contributed by atoms with Crippen LogP contribution in [0.1, 0.15) is 26.7 Å². The summed E-state index contributed by atoms with van der Waals surface area (Å²) in [5.41, 5.74) is 0.0101. The Morgan fingerprint density at radius 2 is 2.15 bits per heavy atom. The summed E-state index contributed by atoms with van der Waals surface area (Å²) in [6.45, 7) is 7.86. The van der Waals surface area contributed by atoms with Gasteiger partial charge in [0.2, 0.25) is 5.91 Å². The summed E-state index contributed by atoms with van der Waals surface area (Å²) in [5, 5.41) is 6.24. The van der Waals surface area contributed by atoms with Crippen LogP contribution in [0, 0.1) is 5.41 Å².